The number of carbonyl (C=O) groups is 1. The summed E-state index contributed by atoms with van der Waals surface area (Å²) in [6.45, 7) is 0.260. The van der Waals surface area contributed by atoms with Gasteiger partial charge in [0.2, 0.25) is 5.91 Å². The van der Waals surface area contributed by atoms with Crippen LogP contribution in [-0.2, 0) is 17.8 Å². The molecule has 0 bridgehead atoms. The van der Waals surface area contributed by atoms with Gasteiger partial charge in [-0.2, -0.15) is 5.10 Å². The maximum Gasteiger partial charge on any atom is 0.241 e. The fourth-order valence-corrected chi connectivity index (χ4v) is 2.11. The molecule has 1 aliphatic carbocycles. The molecule has 20 heavy (non-hydrogen) atoms. The van der Waals surface area contributed by atoms with Crippen molar-refractivity contribution < 1.29 is 9.90 Å². The quantitative estimate of drug-likeness (QED) is 0.865. The van der Waals surface area contributed by atoms with Crippen LogP contribution in [0.3, 0.4) is 0 Å². The molecule has 1 fully saturated rings. The van der Waals surface area contributed by atoms with E-state index in [0.717, 1.165) is 24.1 Å². The summed E-state index contributed by atoms with van der Waals surface area (Å²) >= 11 is 0. The average molecular weight is 271 g/mol. The molecule has 5 nitrogen and oxygen atoms in total. The molecule has 0 spiro atoms. The van der Waals surface area contributed by atoms with Crippen LogP contribution in [0.15, 0.2) is 36.5 Å². The molecule has 0 saturated heterocycles. The molecule has 2 aromatic rings. The molecule has 0 aliphatic heterocycles. The predicted molar refractivity (Wildman–Crippen MR) is 74.3 cm³/mol. The summed E-state index contributed by atoms with van der Waals surface area (Å²) in [5, 5.41) is 16.7. The standard InChI is InChI=1S/C15H17N3O2/c19-14-3-1-2-11(9-14)8-13-6-7-18(17-13)10-15(20)16-12-4-5-12/h1-3,6-7,9,12,19H,4-5,8,10H2,(H,16,20). The van der Waals surface area contributed by atoms with E-state index in [9.17, 15) is 9.90 Å². The van der Waals surface area contributed by atoms with E-state index in [2.05, 4.69) is 10.4 Å². The summed E-state index contributed by atoms with van der Waals surface area (Å²) < 4.78 is 1.65. The second kappa shape index (κ2) is 5.36. The van der Waals surface area contributed by atoms with Gasteiger partial charge in [0.1, 0.15) is 12.3 Å². The normalized spacial score (nSPS) is 14.2. The lowest BCUT2D eigenvalue weighted by atomic mass is 10.1. The first kappa shape index (κ1) is 12.7. The highest BCUT2D eigenvalue weighted by Gasteiger charge is 2.23. The molecule has 1 aromatic heterocycles. The van der Waals surface area contributed by atoms with E-state index in [4.69, 9.17) is 0 Å². The lowest BCUT2D eigenvalue weighted by molar-refractivity contribution is -0.122. The van der Waals surface area contributed by atoms with E-state index in [-0.39, 0.29) is 18.2 Å². The van der Waals surface area contributed by atoms with E-state index >= 15 is 0 Å². The first-order chi connectivity index (χ1) is 9.69. The maximum absolute atomic E-state index is 11.7. The summed E-state index contributed by atoms with van der Waals surface area (Å²) in [5.74, 6) is 0.269. The third-order valence-electron chi connectivity index (χ3n) is 3.24. The number of nitrogens with one attached hydrogen (secondary N) is 1. The van der Waals surface area contributed by atoms with Crippen molar-refractivity contribution in [3.63, 3.8) is 0 Å². The van der Waals surface area contributed by atoms with Crippen LogP contribution in [0.1, 0.15) is 24.1 Å². The largest absolute Gasteiger partial charge is 0.508 e. The van der Waals surface area contributed by atoms with Crippen LogP contribution in [0.2, 0.25) is 0 Å². The van der Waals surface area contributed by atoms with Gasteiger partial charge in [-0.25, -0.2) is 0 Å². The van der Waals surface area contributed by atoms with Gasteiger partial charge in [0.25, 0.3) is 0 Å². The van der Waals surface area contributed by atoms with Crippen molar-refractivity contribution in [2.45, 2.75) is 31.8 Å². The van der Waals surface area contributed by atoms with Crippen molar-refractivity contribution in [2.24, 2.45) is 0 Å². The van der Waals surface area contributed by atoms with Gasteiger partial charge in [-0.05, 0) is 36.6 Å². The Labute approximate surface area is 117 Å². The van der Waals surface area contributed by atoms with Gasteiger partial charge in [0.15, 0.2) is 0 Å². The highest BCUT2D eigenvalue weighted by atomic mass is 16.3. The highest BCUT2D eigenvalue weighted by molar-refractivity contribution is 5.76. The number of benzene rings is 1. The average Bonchev–Trinajstić information content (AvgIpc) is 3.09. The van der Waals surface area contributed by atoms with Crippen molar-refractivity contribution >= 4 is 5.91 Å². The lowest BCUT2D eigenvalue weighted by Gasteiger charge is -2.03. The molecule has 1 heterocycles. The van der Waals surface area contributed by atoms with Crippen LogP contribution in [0.5, 0.6) is 5.75 Å². The molecule has 1 aliphatic rings. The SMILES string of the molecule is O=C(Cn1ccc(Cc2cccc(O)c2)n1)NC1CC1. The molecule has 1 aromatic carbocycles. The number of amides is 1. The van der Waals surface area contributed by atoms with Crippen LogP contribution < -0.4 is 5.32 Å². The Hall–Kier alpha value is -2.30. The smallest absolute Gasteiger partial charge is 0.241 e. The topological polar surface area (TPSA) is 67.2 Å². The number of aromatic hydroxyl groups is 1. The Morgan fingerprint density at radius 3 is 3.00 bits per heavy atom. The Morgan fingerprint density at radius 2 is 2.25 bits per heavy atom. The summed E-state index contributed by atoms with van der Waals surface area (Å²) in [7, 11) is 0. The highest BCUT2D eigenvalue weighted by Crippen LogP contribution is 2.18. The number of carbonyl (C=O) groups excluding carboxylic acids is 1. The number of hydrogen-bond acceptors (Lipinski definition) is 3. The first-order valence-corrected chi connectivity index (χ1v) is 6.78. The number of rotatable bonds is 5. The molecule has 1 amide bonds. The molecular weight excluding hydrogens is 254 g/mol. The molecule has 0 atom stereocenters. The number of nitrogens with zero attached hydrogens (tertiary/aromatic N) is 2. The Balaban J connectivity index is 1.59. The van der Waals surface area contributed by atoms with Crippen LogP contribution in [-0.4, -0.2) is 26.8 Å². The van der Waals surface area contributed by atoms with Gasteiger partial charge in [0, 0.05) is 18.7 Å². The van der Waals surface area contributed by atoms with Gasteiger partial charge in [-0.3, -0.25) is 9.48 Å². The van der Waals surface area contributed by atoms with E-state index in [1.54, 1.807) is 16.8 Å². The third kappa shape index (κ3) is 3.38. The fraction of sp³-hybridized carbons (Fsp3) is 0.333. The van der Waals surface area contributed by atoms with Crippen molar-refractivity contribution in [3.05, 3.63) is 47.8 Å². The lowest BCUT2D eigenvalue weighted by Crippen LogP contribution is -2.29. The Bertz CT molecular complexity index is 617. The number of aromatic nitrogens is 2. The van der Waals surface area contributed by atoms with Gasteiger partial charge < -0.3 is 10.4 Å². The zero-order chi connectivity index (χ0) is 13.9. The van der Waals surface area contributed by atoms with Gasteiger partial charge >= 0.3 is 0 Å². The number of hydrogen-bond donors (Lipinski definition) is 2. The van der Waals surface area contributed by atoms with Crippen molar-refractivity contribution in [2.75, 3.05) is 0 Å². The summed E-state index contributed by atoms with van der Waals surface area (Å²) in [5.41, 5.74) is 1.88. The number of phenols is 1. The van der Waals surface area contributed by atoms with Gasteiger partial charge in [0.05, 0.1) is 5.69 Å². The zero-order valence-electron chi connectivity index (χ0n) is 11.1. The molecule has 1 saturated carbocycles. The van der Waals surface area contributed by atoms with E-state index in [1.807, 2.05) is 24.4 Å². The minimum atomic E-state index is 0.0134. The predicted octanol–water partition coefficient (Wildman–Crippen LogP) is 1.46. The van der Waals surface area contributed by atoms with E-state index < -0.39 is 0 Å². The first-order valence-electron chi connectivity index (χ1n) is 6.78. The van der Waals surface area contributed by atoms with Gasteiger partial charge in [-0.1, -0.05) is 12.1 Å². The third-order valence-corrected chi connectivity index (χ3v) is 3.24. The fourth-order valence-electron chi connectivity index (χ4n) is 2.11. The minimum Gasteiger partial charge on any atom is -0.508 e. The van der Waals surface area contributed by atoms with Crippen molar-refractivity contribution in [1.29, 1.82) is 0 Å². The van der Waals surface area contributed by atoms with Crippen LogP contribution >= 0.6 is 0 Å². The van der Waals surface area contributed by atoms with Crippen molar-refractivity contribution in [1.82, 2.24) is 15.1 Å². The Morgan fingerprint density at radius 1 is 1.40 bits per heavy atom. The minimum absolute atomic E-state index is 0.0134. The molecule has 2 N–H and O–H groups in total. The van der Waals surface area contributed by atoms with Crippen LogP contribution in [0.25, 0.3) is 0 Å². The van der Waals surface area contributed by atoms with E-state index in [1.165, 1.54) is 0 Å². The zero-order valence-corrected chi connectivity index (χ0v) is 11.1. The number of phenolic OH excluding ortho intramolecular Hbond substituents is 1. The van der Waals surface area contributed by atoms with Gasteiger partial charge in [-0.15, -0.1) is 0 Å². The van der Waals surface area contributed by atoms with Crippen LogP contribution in [0, 0.1) is 0 Å². The summed E-state index contributed by atoms with van der Waals surface area (Å²) in [6, 6.07) is 9.39. The Kier molecular flexibility index (Phi) is 3.41. The molecule has 0 radical (unpaired) electrons. The molecule has 5 heteroatoms. The monoisotopic (exact) mass is 271 g/mol. The molecule has 0 unspecified atom stereocenters. The molecule has 104 valence electrons. The molecular formula is C15H17N3O2. The summed E-state index contributed by atoms with van der Waals surface area (Å²) in [4.78, 5) is 11.7. The molecule has 3 rings (SSSR count). The van der Waals surface area contributed by atoms with E-state index in [0.29, 0.717) is 12.5 Å². The second-order valence-electron chi connectivity index (χ2n) is 5.19. The van der Waals surface area contributed by atoms with Crippen molar-refractivity contribution in [3.8, 4) is 5.75 Å². The second-order valence-corrected chi connectivity index (χ2v) is 5.19. The summed E-state index contributed by atoms with van der Waals surface area (Å²) in [6.07, 6.45) is 4.64. The maximum atomic E-state index is 11.7. The van der Waals surface area contributed by atoms with Crippen LogP contribution in [0.4, 0.5) is 0 Å².